The molecule has 0 heterocycles. The first-order chi connectivity index (χ1) is 12.7. The number of aryl methyl sites for hydroxylation is 1. The van der Waals surface area contributed by atoms with Gasteiger partial charge in [0.05, 0.1) is 13.2 Å². The monoisotopic (exact) mass is 419 g/mol. The summed E-state index contributed by atoms with van der Waals surface area (Å²) in [5, 5.41) is 3.62. The van der Waals surface area contributed by atoms with E-state index in [9.17, 15) is 0 Å². The molecule has 0 fully saturated rings. The van der Waals surface area contributed by atoms with Crippen LogP contribution in [0.2, 0.25) is 0 Å². The van der Waals surface area contributed by atoms with Gasteiger partial charge in [0.1, 0.15) is 16.0 Å². The third-order valence-electron chi connectivity index (χ3n) is 4.31. The number of ether oxygens (including phenoxy) is 2. The Hall–Kier alpha value is -1.52. The van der Waals surface area contributed by atoms with Gasteiger partial charge in [-0.15, -0.1) is 0 Å². The molecule has 1 N–H and O–H groups in total. The second kappa shape index (κ2) is 11.2. The summed E-state index contributed by atoms with van der Waals surface area (Å²) in [5.41, 5.74) is 2.60. The second-order valence-corrected chi connectivity index (χ2v) is 7.11. The molecule has 0 aliphatic carbocycles. The largest absolute Gasteiger partial charge is 0.493 e. The Morgan fingerprint density at radius 1 is 0.962 bits per heavy atom. The zero-order chi connectivity index (χ0) is 18.8. The third kappa shape index (κ3) is 6.33. The molecule has 0 saturated carbocycles. The first-order valence-electron chi connectivity index (χ1n) is 9.52. The standard InChI is InChI=1S/C22H30BrNO2/c1-4-25-20-15-19(16-21(22(20)23)26-5-2)17(3)24-14-10-9-13-18-11-7-6-8-12-18/h6-8,11-12,15-17,24H,4-5,9-10,13-14H2,1-3H3/t17-/m1/s1. The van der Waals surface area contributed by atoms with Crippen LogP contribution in [0.3, 0.4) is 0 Å². The van der Waals surface area contributed by atoms with Gasteiger partial charge < -0.3 is 14.8 Å². The average molecular weight is 420 g/mol. The minimum absolute atomic E-state index is 0.248. The summed E-state index contributed by atoms with van der Waals surface area (Å²) in [6.07, 6.45) is 3.49. The van der Waals surface area contributed by atoms with E-state index in [1.54, 1.807) is 0 Å². The highest BCUT2D eigenvalue weighted by Crippen LogP contribution is 2.37. The molecule has 0 spiro atoms. The number of benzene rings is 2. The van der Waals surface area contributed by atoms with Gasteiger partial charge in [-0.3, -0.25) is 0 Å². The molecule has 0 bridgehead atoms. The number of unbranched alkanes of at least 4 members (excludes halogenated alkanes) is 1. The van der Waals surface area contributed by atoms with Crippen molar-refractivity contribution in [1.29, 1.82) is 0 Å². The molecule has 1 atom stereocenters. The van der Waals surface area contributed by atoms with Gasteiger partial charge in [-0.05, 0) is 85.8 Å². The normalized spacial score (nSPS) is 12.0. The van der Waals surface area contributed by atoms with Crippen LogP contribution in [0.5, 0.6) is 11.5 Å². The molecule has 0 saturated heterocycles. The van der Waals surface area contributed by atoms with Crippen molar-refractivity contribution in [2.45, 2.75) is 46.1 Å². The maximum absolute atomic E-state index is 5.75. The lowest BCUT2D eigenvalue weighted by Gasteiger charge is -2.19. The lowest BCUT2D eigenvalue weighted by Crippen LogP contribution is -2.20. The van der Waals surface area contributed by atoms with Crippen LogP contribution in [0, 0.1) is 0 Å². The molecule has 26 heavy (non-hydrogen) atoms. The van der Waals surface area contributed by atoms with Gasteiger partial charge in [0.2, 0.25) is 0 Å². The van der Waals surface area contributed by atoms with E-state index >= 15 is 0 Å². The van der Waals surface area contributed by atoms with Gasteiger partial charge in [-0.2, -0.15) is 0 Å². The lowest BCUT2D eigenvalue weighted by molar-refractivity contribution is 0.318. The average Bonchev–Trinajstić information content (AvgIpc) is 2.65. The zero-order valence-electron chi connectivity index (χ0n) is 16.1. The molecule has 0 aliphatic rings. The Kier molecular flexibility index (Phi) is 8.99. The van der Waals surface area contributed by atoms with E-state index < -0.39 is 0 Å². The van der Waals surface area contributed by atoms with Crippen molar-refractivity contribution in [3.05, 3.63) is 58.1 Å². The third-order valence-corrected chi connectivity index (χ3v) is 5.10. The number of nitrogens with one attached hydrogen (secondary N) is 1. The topological polar surface area (TPSA) is 30.5 Å². The zero-order valence-corrected chi connectivity index (χ0v) is 17.6. The first kappa shape index (κ1) is 20.8. The number of hydrogen-bond acceptors (Lipinski definition) is 3. The molecular formula is C22H30BrNO2. The highest BCUT2D eigenvalue weighted by Gasteiger charge is 2.14. The fraction of sp³-hybridized carbons (Fsp3) is 0.455. The Labute approximate surface area is 166 Å². The molecule has 0 aliphatic heterocycles. The molecule has 0 amide bonds. The molecular weight excluding hydrogens is 390 g/mol. The Bertz CT molecular complexity index is 633. The molecule has 2 aromatic carbocycles. The molecule has 0 unspecified atom stereocenters. The quantitative estimate of drug-likeness (QED) is 0.458. The van der Waals surface area contributed by atoms with E-state index in [1.807, 2.05) is 13.8 Å². The van der Waals surface area contributed by atoms with E-state index in [2.05, 4.69) is 70.6 Å². The van der Waals surface area contributed by atoms with E-state index in [1.165, 1.54) is 17.5 Å². The van der Waals surface area contributed by atoms with Gasteiger partial charge >= 0.3 is 0 Å². The smallest absolute Gasteiger partial charge is 0.137 e. The minimum atomic E-state index is 0.248. The minimum Gasteiger partial charge on any atom is -0.493 e. The molecule has 2 aromatic rings. The predicted octanol–water partition coefficient (Wildman–Crippen LogP) is 5.92. The highest BCUT2D eigenvalue weighted by molar-refractivity contribution is 9.10. The fourth-order valence-corrected chi connectivity index (χ4v) is 3.36. The summed E-state index contributed by atoms with van der Waals surface area (Å²) >= 11 is 3.59. The van der Waals surface area contributed by atoms with Gasteiger partial charge in [-0.1, -0.05) is 30.3 Å². The summed E-state index contributed by atoms with van der Waals surface area (Å²) in [6.45, 7) is 8.44. The van der Waals surface area contributed by atoms with E-state index in [0.717, 1.165) is 35.4 Å². The number of rotatable bonds is 11. The molecule has 3 nitrogen and oxygen atoms in total. The number of halogens is 1. The van der Waals surface area contributed by atoms with Crippen molar-refractivity contribution in [3.8, 4) is 11.5 Å². The van der Waals surface area contributed by atoms with E-state index in [4.69, 9.17) is 9.47 Å². The molecule has 2 rings (SSSR count). The van der Waals surface area contributed by atoms with Crippen LogP contribution in [-0.4, -0.2) is 19.8 Å². The second-order valence-electron chi connectivity index (χ2n) is 6.32. The molecule has 0 aromatic heterocycles. The first-order valence-corrected chi connectivity index (χ1v) is 10.3. The summed E-state index contributed by atoms with van der Waals surface area (Å²) in [4.78, 5) is 0. The van der Waals surface area contributed by atoms with Crippen molar-refractivity contribution in [1.82, 2.24) is 5.32 Å². The van der Waals surface area contributed by atoms with Crippen LogP contribution in [-0.2, 0) is 6.42 Å². The van der Waals surface area contributed by atoms with Crippen molar-refractivity contribution in [2.75, 3.05) is 19.8 Å². The van der Waals surface area contributed by atoms with Crippen LogP contribution in [0.15, 0.2) is 46.9 Å². The summed E-state index contributed by atoms with van der Waals surface area (Å²) < 4.78 is 12.4. The maximum Gasteiger partial charge on any atom is 0.137 e. The molecule has 0 radical (unpaired) electrons. The SMILES string of the molecule is CCOc1cc([C@@H](C)NCCCCc2ccccc2)cc(OCC)c1Br. The van der Waals surface area contributed by atoms with Gasteiger partial charge in [-0.25, -0.2) is 0 Å². The highest BCUT2D eigenvalue weighted by atomic mass is 79.9. The van der Waals surface area contributed by atoms with Crippen LogP contribution in [0.1, 0.15) is 50.8 Å². The Balaban J connectivity index is 1.88. The fourth-order valence-electron chi connectivity index (χ4n) is 2.90. The van der Waals surface area contributed by atoms with Crippen molar-refractivity contribution in [2.24, 2.45) is 0 Å². The Morgan fingerprint density at radius 3 is 2.15 bits per heavy atom. The Morgan fingerprint density at radius 2 is 1.58 bits per heavy atom. The van der Waals surface area contributed by atoms with Crippen LogP contribution in [0.25, 0.3) is 0 Å². The van der Waals surface area contributed by atoms with Crippen molar-refractivity contribution >= 4 is 15.9 Å². The predicted molar refractivity (Wildman–Crippen MR) is 112 cm³/mol. The number of hydrogen-bond donors (Lipinski definition) is 1. The van der Waals surface area contributed by atoms with Crippen LogP contribution in [0.4, 0.5) is 0 Å². The van der Waals surface area contributed by atoms with E-state index in [0.29, 0.717) is 13.2 Å². The van der Waals surface area contributed by atoms with Crippen LogP contribution < -0.4 is 14.8 Å². The summed E-state index contributed by atoms with van der Waals surface area (Å²) in [7, 11) is 0. The van der Waals surface area contributed by atoms with Gasteiger partial charge in [0.25, 0.3) is 0 Å². The van der Waals surface area contributed by atoms with E-state index in [-0.39, 0.29) is 6.04 Å². The molecule has 4 heteroatoms. The van der Waals surface area contributed by atoms with Crippen LogP contribution >= 0.6 is 15.9 Å². The molecule has 142 valence electrons. The maximum atomic E-state index is 5.75. The summed E-state index contributed by atoms with van der Waals surface area (Å²) in [6, 6.07) is 15.1. The summed E-state index contributed by atoms with van der Waals surface area (Å²) in [5.74, 6) is 1.68. The van der Waals surface area contributed by atoms with Gasteiger partial charge in [0, 0.05) is 6.04 Å². The lowest BCUT2D eigenvalue weighted by atomic mass is 10.1. The van der Waals surface area contributed by atoms with Crippen molar-refractivity contribution in [3.63, 3.8) is 0 Å². The van der Waals surface area contributed by atoms with Gasteiger partial charge in [0.15, 0.2) is 0 Å². The van der Waals surface area contributed by atoms with Crippen molar-refractivity contribution < 1.29 is 9.47 Å².